The zero-order valence-corrected chi connectivity index (χ0v) is 14.8. The molecule has 1 aromatic carbocycles. The number of pyridine rings is 1. The second kappa shape index (κ2) is 6.18. The monoisotopic (exact) mass is 419 g/mol. The van der Waals surface area contributed by atoms with Gasteiger partial charge in [0.1, 0.15) is 10.8 Å². The smallest absolute Gasteiger partial charge is 0.138 e. The van der Waals surface area contributed by atoms with Gasteiger partial charge in [-0.15, -0.1) is 5.10 Å². The molecule has 0 aliphatic heterocycles. The number of hydrogen-bond acceptors (Lipinski definition) is 4. The molecule has 2 aromatic heterocycles. The molecule has 2 heterocycles. The van der Waals surface area contributed by atoms with Crippen molar-refractivity contribution in [2.24, 2.45) is 0 Å². The van der Waals surface area contributed by atoms with E-state index >= 15 is 0 Å². The van der Waals surface area contributed by atoms with Gasteiger partial charge in [0, 0.05) is 21.8 Å². The molecule has 0 bridgehead atoms. The fraction of sp³-hybridized carbons (Fsp3) is 0. The molecule has 3 aromatic rings. The summed E-state index contributed by atoms with van der Waals surface area (Å²) in [6.45, 7) is 0. The molecule has 0 radical (unpaired) electrons. The van der Waals surface area contributed by atoms with Crippen LogP contribution in [0.4, 0.5) is 0 Å². The Kier molecular flexibility index (Phi) is 4.47. The lowest BCUT2D eigenvalue weighted by Gasteiger charge is -2.06. The largest absolute Gasteiger partial charge is 0.243 e. The first-order valence-electron chi connectivity index (χ1n) is 5.66. The van der Waals surface area contributed by atoms with Crippen LogP contribution < -0.4 is 0 Å². The van der Waals surface area contributed by atoms with Crippen molar-refractivity contribution in [2.75, 3.05) is 0 Å². The number of halogens is 4. The van der Waals surface area contributed by atoms with Gasteiger partial charge in [-0.05, 0) is 39.6 Å². The van der Waals surface area contributed by atoms with Crippen LogP contribution in [0.1, 0.15) is 0 Å². The van der Waals surface area contributed by atoms with Crippen molar-refractivity contribution in [2.45, 2.75) is 0 Å². The average Bonchev–Trinajstić information content (AvgIpc) is 2.93. The van der Waals surface area contributed by atoms with E-state index in [4.69, 9.17) is 34.8 Å². The Labute approximate surface area is 148 Å². The molecule has 0 atom stereocenters. The van der Waals surface area contributed by atoms with E-state index in [0.29, 0.717) is 26.5 Å². The molecule has 3 nitrogen and oxygen atoms in total. The molecular weight excluding hydrogens is 416 g/mol. The van der Waals surface area contributed by atoms with E-state index in [2.05, 4.69) is 30.5 Å². The van der Waals surface area contributed by atoms with E-state index in [1.807, 2.05) is 18.2 Å². The van der Waals surface area contributed by atoms with Gasteiger partial charge < -0.3 is 0 Å². The highest BCUT2D eigenvalue weighted by Gasteiger charge is 2.19. The fourth-order valence-corrected chi connectivity index (χ4v) is 3.50. The summed E-state index contributed by atoms with van der Waals surface area (Å²) in [7, 11) is 0. The first-order chi connectivity index (χ1) is 10.1. The molecule has 8 heteroatoms. The first-order valence-corrected chi connectivity index (χ1v) is 8.36. The minimum absolute atomic E-state index is 0.352. The summed E-state index contributed by atoms with van der Waals surface area (Å²) >= 11 is 23.1. The molecule has 0 amide bonds. The first kappa shape index (κ1) is 15.2. The standard InChI is InChI=1S/C13H5BrCl3N3S/c14-6-4-8(13(17)18-5-6)11-12(21-20-19-11)7-2-1-3-9(15)10(7)16/h1-5H. The number of nitrogens with zero attached hydrogens (tertiary/aromatic N) is 3. The van der Waals surface area contributed by atoms with E-state index < -0.39 is 0 Å². The van der Waals surface area contributed by atoms with Crippen LogP contribution in [0.2, 0.25) is 15.2 Å². The van der Waals surface area contributed by atoms with Gasteiger partial charge in [-0.1, -0.05) is 51.4 Å². The number of rotatable bonds is 2. The van der Waals surface area contributed by atoms with Gasteiger partial charge in [0.2, 0.25) is 0 Å². The van der Waals surface area contributed by atoms with E-state index in [0.717, 1.165) is 14.9 Å². The van der Waals surface area contributed by atoms with Gasteiger partial charge in [-0.25, -0.2) is 4.98 Å². The van der Waals surface area contributed by atoms with E-state index in [1.165, 1.54) is 11.5 Å². The van der Waals surface area contributed by atoms with Crippen LogP contribution in [-0.2, 0) is 0 Å². The molecule has 0 saturated carbocycles. The summed E-state index contributed by atoms with van der Waals surface area (Å²) in [5.41, 5.74) is 2.08. The third kappa shape index (κ3) is 2.94. The van der Waals surface area contributed by atoms with Crippen LogP contribution in [0.15, 0.2) is 34.9 Å². The van der Waals surface area contributed by atoms with Crippen LogP contribution in [0.3, 0.4) is 0 Å². The number of hydrogen-bond donors (Lipinski definition) is 0. The third-order valence-corrected chi connectivity index (χ3v) is 5.06. The highest BCUT2D eigenvalue weighted by molar-refractivity contribution is 9.10. The van der Waals surface area contributed by atoms with Crippen LogP contribution in [-0.4, -0.2) is 14.6 Å². The van der Waals surface area contributed by atoms with Crippen molar-refractivity contribution in [3.63, 3.8) is 0 Å². The topological polar surface area (TPSA) is 38.7 Å². The molecular formula is C13H5BrCl3N3S. The molecule has 0 saturated heterocycles. The Morgan fingerprint density at radius 1 is 1.10 bits per heavy atom. The van der Waals surface area contributed by atoms with Crippen molar-refractivity contribution >= 4 is 62.3 Å². The van der Waals surface area contributed by atoms with Gasteiger partial charge in [0.25, 0.3) is 0 Å². The summed E-state index contributed by atoms with van der Waals surface area (Å²) in [5, 5.41) is 5.45. The van der Waals surface area contributed by atoms with Crippen molar-refractivity contribution in [1.29, 1.82) is 0 Å². The predicted octanol–water partition coefficient (Wildman–Crippen LogP) is 5.99. The van der Waals surface area contributed by atoms with Gasteiger partial charge in [0.15, 0.2) is 0 Å². The van der Waals surface area contributed by atoms with Gasteiger partial charge in [0.05, 0.1) is 14.9 Å². The fourth-order valence-electron chi connectivity index (χ4n) is 1.81. The van der Waals surface area contributed by atoms with E-state index in [1.54, 1.807) is 12.3 Å². The van der Waals surface area contributed by atoms with Gasteiger partial charge in [-0.2, -0.15) is 0 Å². The minimum Gasteiger partial charge on any atom is -0.243 e. The average molecular weight is 422 g/mol. The maximum absolute atomic E-state index is 6.28. The summed E-state index contributed by atoms with van der Waals surface area (Å²) < 4.78 is 4.81. The minimum atomic E-state index is 0.352. The Morgan fingerprint density at radius 3 is 2.71 bits per heavy atom. The molecule has 0 unspecified atom stereocenters. The third-order valence-electron chi connectivity index (χ3n) is 2.75. The summed E-state index contributed by atoms with van der Waals surface area (Å²) in [6.07, 6.45) is 1.62. The van der Waals surface area contributed by atoms with Crippen molar-refractivity contribution in [3.8, 4) is 21.7 Å². The number of aromatic nitrogens is 3. The second-order valence-electron chi connectivity index (χ2n) is 4.04. The molecule has 3 rings (SSSR count). The number of benzene rings is 1. The van der Waals surface area contributed by atoms with Crippen LogP contribution >= 0.6 is 62.3 Å². The zero-order chi connectivity index (χ0) is 15.0. The Bertz CT molecular complexity index is 806. The van der Waals surface area contributed by atoms with Crippen molar-refractivity contribution < 1.29 is 0 Å². The van der Waals surface area contributed by atoms with Crippen LogP contribution in [0.5, 0.6) is 0 Å². The highest BCUT2D eigenvalue weighted by atomic mass is 79.9. The van der Waals surface area contributed by atoms with E-state index in [-0.39, 0.29) is 0 Å². The summed E-state index contributed by atoms with van der Waals surface area (Å²) in [4.78, 5) is 4.90. The maximum atomic E-state index is 6.28. The van der Waals surface area contributed by atoms with E-state index in [9.17, 15) is 0 Å². The quantitative estimate of drug-likeness (QED) is 0.477. The molecule has 21 heavy (non-hydrogen) atoms. The zero-order valence-electron chi connectivity index (χ0n) is 10.1. The van der Waals surface area contributed by atoms with Crippen molar-refractivity contribution in [3.05, 3.63) is 50.1 Å². The summed E-state index contributed by atoms with van der Waals surface area (Å²) in [6, 6.07) is 7.27. The molecule has 0 spiro atoms. The lowest BCUT2D eigenvalue weighted by atomic mass is 10.1. The Balaban J connectivity index is 2.22. The van der Waals surface area contributed by atoms with Crippen molar-refractivity contribution in [1.82, 2.24) is 14.6 Å². The lowest BCUT2D eigenvalue weighted by molar-refractivity contribution is 1.15. The highest BCUT2D eigenvalue weighted by Crippen LogP contribution is 2.41. The normalized spacial score (nSPS) is 10.9. The molecule has 0 fully saturated rings. The second-order valence-corrected chi connectivity index (χ2v) is 6.86. The lowest BCUT2D eigenvalue weighted by Crippen LogP contribution is -1.87. The molecule has 0 aliphatic carbocycles. The maximum Gasteiger partial charge on any atom is 0.138 e. The van der Waals surface area contributed by atoms with Gasteiger partial charge in [-0.3, -0.25) is 0 Å². The molecule has 106 valence electrons. The Morgan fingerprint density at radius 2 is 1.90 bits per heavy atom. The SMILES string of the molecule is Clc1cccc(-c2snnc2-c2cc(Br)cnc2Cl)c1Cl. The van der Waals surface area contributed by atoms with Gasteiger partial charge >= 0.3 is 0 Å². The van der Waals surface area contributed by atoms with Crippen LogP contribution in [0.25, 0.3) is 21.7 Å². The van der Waals surface area contributed by atoms with Crippen LogP contribution in [0, 0.1) is 0 Å². The molecule has 0 N–H and O–H groups in total. The Hall–Kier alpha value is -0.720. The predicted molar refractivity (Wildman–Crippen MR) is 91.3 cm³/mol. The summed E-state index contributed by atoms with van der Waals surface area (Å²) in [5.74, 6) is 0. The molecule has 0 aliphatic rings.